The summed E-state index contributed by atoms with van der Waals surface area (Å²) in [4.78, 5) is 12.2. The smallest absolute Gasteiger partial charge is 0.239 e. The fraction of sp³-hybridized carbons (Fsp3) is 0.278. The van der Waals surface area contributed by atoms with E-state index in [2.05, 4.69) is 0 Å². The van der Waals surface area contributed by atoms with Gasteiger partial charge in [0.2, 0.25) is 15.9 Å². The zero-order valence-electron chi connectivity index (χ0n) is 13.7. The number of hydrogen-bond acceptors (Lipinski definition) is 4. The van der Waals surface area contributed by atoms with Crippen LogP contribution in [0.3, 0.4) is 0 Å². The Morgan fingerprint density at radius 1 is 1.27 bits per heavy atom. The zero-order chi connectivity index (χ0) is 18.7. The molecule has 2 aromatic rings. The molecule has 138 valence electrons. The summed E-state index contributed by atoms with van der Waals surface area (Å²) in [7, 11) is -4.05. The first-order chi connectivity index (χ1) is 12.3. The number of halogens is 2. The molecule has 1 N–H and O–H groups in total. The summed E-state index contributed by atoms with van der Waals surface area (Å²) in [6.07, 6.45) is 0.118. The van der Waals surface area contributed by atoms with Gasteiger partial charge in [0.15, 0.2) is 0 Å². The molecule has 2 aromatic carbocycles. The van der Waals surface area contributed by atoms with Crippen LogP contribution in [0.15, 0.2) is 42.5 Å². The van der Waals surface area contributed by atoms with Crippen LogP contribution < -0.4 is 4.72 Å². The Morgan fingerprint density at radius 3 is 2.85 bits per heavy atom. The van der Waals surface area contributed by atoms with Crippen molar-refractivity contribution >= 4 is 27.5 Å². The third kappa shape index (κ3) is 4.60. The van der Waals surface area contributed by atoms with E-state index < -0.39 is 33.6 Å². The van der Waals surface area contributed by atoms with Gasteiger partial charge < -0.3 is 4.74 Å². The van der Waals surface area contributed by atoms with Crippen molar-refractivity contribution < 1.29 is 22.3 Å². The molecule has 1 unspecified atom stereocenters. The van der Waals surface area contributed by atoms with Crippen LogP contribution in [-0.4, -0.2) is 20.9 Å². The second-order valence-electron chi connectivity index (χ2n) is 6.03. The highest BCUT2D eigenvalue weighted by atomic mass is 35.5. The first-order valence-corrected chi connectivity index (χ1v) is 10.0. The van der Waals surface area contributed by atoms with Gasteiger partial charge in [-0.05, 0) is 35.7 Å². The Balaban J connectivity index is 1.67. The van der Waals surface area contributed by atoms with Crippen molar-refractivity contribution in [1.29, 1.82) is 0 Å². The molecule has 3 rings (SSSR count). The summed E-state index contributed by atoms with van der Waals surface area (Å²) in [6.45, 7) is 0.468. The van der Waals surface area contributed by atoms with E-state index in [1.54, 1.807) is 0 Å². The number of fused-ring (bicyclic) bond motifs is 1. The van der Waals surface area contributed by atoms with E-state index in [4.69, 9.17) is 16.3 Å². The van der Waals surface area contributed by atoms with Crippen LogP contribution in [0, 0.1) is 5.82 Å². The summed E-state index contributed by atoms with van der Waals surface area (Å²) in [6, 6.07) is 11.2. The lowest BCUT2D eigenvalue weighted by Gasteiger charge is -2.25. The molecule has 1 aliphatic rings. The van der Waals surface area contributed by atoms with E-state index in [-0.39, 0.29) is 17.0 Å². The lowest BCUT2D eigenvalue weighted by atomic mass is 9.96. The number of amides is 1. The third-order valence-electron chi connectivity index (χ3n) is 4.09. The summed E-state index contributed by atoms with van der Waals surface area (Å²) < 4.78 is 45.7. The van der Waals surface area contributed by atoms with E-state index in [0.717, 1.165) is 23.6 Å². The van der Waals surface area contributed by atoms with Gasteiger partial charge in [-0.1, -0.05) is 35.9 Å². The van der Waals surface area contributed by atoms with Gasteiger partial charge in [0, 0.05) is 10.6 Å². The Labute approximate surface area is 156 Å². The minimum Gasteiger partial charge on any atom is -0.373 e. The van der Waals surface area contributed by atoms with Crippen LogP contribution in [0.2, 0.25) is 5.02 Å². The molecule has 0 radical (unpaired) electrons. The number of carbonyl (C=O) groups excluding carboxylic acids is 1. The molecule has 8 heteroatoms. The van der Waals surface area contributed by atoms with E-state index in [9.17, 15) is 17.6 Å². The first kappa shape index (κ1) is 18.8. The molecule has 0 aromatic heterocycles. The van der Waals surface area contributed by atoms with Gasteiger partial charge >= 0.3 is 0 Å². The molecule has 1 atom stereocenters. The monoisotopic (exact) mass is 397 g/mol. The van der Waals surface area contributed by atoms with Crippen LogP contribution in [0.1, 0.15) is 29.2 Å². The van der Waals surface area contributed by atoms with Crippen LogP contribution in [0.25, 0.3) is 0 Å². The molecule has 0 aliphatic carbocycles. The normalized spacial score (nSPS) is 16.8. The Bertz CT molecular complexity index is 933. The molecular weight excluding hydrogens is 381 g/mol. The highest BCUT2D eigenvalue weighted by Gasteiger charge is 2.25. The number of sulfonamides is 1. The largest absolute Gasteiger partial charge is 0.373 e. The van der Waals surface area contributed by atoms with Gasteiger partial charge in [0.05, 0.1) is 24.9 Å². The summed E-state index contributed by atoms with van der Waals surface area (Å²) in [5, 5.41) is 0.218. The molecule has 0 spiro atoms. The topological polar surface area (TPSA) is 72.5 Å². The average molecular weight is 398 g/mol. The Kier molecular flexibility index (Phi) is 5.60. The van der Waals surface area contributed by atoms with Gasteiger partial charge in [0.1, 0.15) is 5.82 Å². The van der Waals surface area contributed by atoms with Crippen LogP contribution in [-0.2, 0) is 31.7 Å². The quantitative estimate of drug-likeness (QED) is 0.841. The van der Waals surface area contributed by atoms with Gasteiger partial charge in [0.25, 0.3) is 0 Å². The van der Waals surface area contributed by atoms with Crippen LogP contribution in [0.4, 0.5) is 4.39 Å². The van der Waals surface area contributed by atoms with Crippen molar-refractivity contribution in [1.82, 2.24) is 4.72 Å². The minimum absolute atomic E-state index is 0.0999. The lowest BCUT2D eigenvalue weighted by Crippen LogP contribution is -2.33. The number of hydrogen-bond donors (Lipinski definition) is 1. The maximum atomic E-state index is 13.7. The molecule has 1 amide bonds. The summed E-state index contributed by atoms with van der Waals surface area (Å²) in [5.74, 6) is -2.07. The van der Waals surface area contributed by atoms with Gasteiger partial charge in [-0.3, -0.25) is 9.52 Å². The lowest BCUT2D eigenvalue weighted by molar-refractivity contribution is -0.122. The zero-order valence-corrected chi connectivity index (χ0v) is 15.3. The van der Waals surface area contributed by atoms with E-state index in [1.165, 1.54) is 12.1 Å². The minimum atomic E-state index is -4.05. The molecule has 0 saturated heterocycles. The second-order valence-corrected chi connectivity index (χ2v) is 8.19. The Hall–Kier alpha value is -1.96. The van der Waals surface area contributed by atoms with Crippen molar-refractivity contribution in [2.75, 3.05) is 6.61 Å². The molecule has 26 heavy (non-hydrogen) atoms. The SMILES string of the molecule is O=C(CC1OCCc2ccccc21)NS(=O)(=O)Cc1cc(Cl)ccc1F. The number of carbonyl (C=O) groups is 1. The predicted molar refractivity (Wildman–Crippen MR) is 95.6 cm³/mol. The number of ether oxygens (including phenoxy) is 1. The average Bonchev–Trinajstić information content (AvgIpc) is 2.57. The molecular formula is C18H17ClFNO4S. The highest BCUT2D eigenvalue weighted by molar-refractivity contribution is 7.89. The number of rotatable bonds is 5. The predicted octanol–water partition coefficient (Wildman–Crippen LogP) is 3.13. The molecule has 1 heterocycles. The molecule has 0 bridgehead atoms. The Morgan fingerprint density at radius 2 is 2.04 bits per heavy atom. The standard InChI is InChI=1S/C18H17ClFNO4S/c19-14-5-6-16(20)13(9-14)11-26(23,24)21-18(22)10-17-15-4-2-1-3-12(15)7-8-25-17/h1-6,9,17H,7-8,10-11H2,(H,21,22). The molecule has 1 aliphatic heterocycles. The maximum absolute atomic E-state index is 13.7. The molecule has 5 nitrogen and oxygen atoms in total. The van der Waals surface area contributed by atoms with Gasteiger partial charge in [-0.15, -0.1) is 0 Å². The fourth-order valence-corrected chi connectivity index (χ4v) is 4.25. The van der Waals surface area contributed by atoms with E-state index >= 15 is 0 Å². The van der Waals surface area contributed by atoms with E-state index in [1.807, 2.05) is 29.0 Å². The van der Waals surface area contributed by atoms with Crippen molar-refractivity contribution in [3.8, 4) is 0 Å². The van der Waals surface area contributed by atoms with Crippen molar-refractivity contribution in [3.63, 3.8) is 0 Å². The second kappa shape index (κ2) is 7.73. The number of nitrogens with one attached hydrogen (secondary N) is 1. The van der Waals surface area contributed by atoms with E-state index in [0.29, 0.717) is 6.61 Å². The summed E-state index contributed by atoms with van der Waals surface area (Å²) in [5.41, 5.74) is 1.87. The summed E-state index contributed by atoms with van der Waals surface area (Å²) >= 11 is 5.76. The fourth-order valence-electron chi connectivity index (χ4n) is 2.92. The van der Waals surface area contributed by atoms with Crippen LogP contribution in [0.5, 0.6) is 0 Å². The maximum Gasteiger partial charge on any atom is 0.239 e. The van der Waals surface area contributed by atoms with Crippen LogP contribution >= 0.6 is 11.6 Å². The third-order valence-corrected chi connectivity index (χ3v) is 5.55. The van der Waals surface area contributed by atoms with Gasteiger partial charge in [-0.25, -0.2) is 12.8 Å². The first-order valence-electron chi connectivity index (χ1n) is 8.01. The van der Waals surface area contributed by atoms with Crippen molar-refractivity contribution in [3.05, 3.63) is 70.0 Å². The van der Waals surface area contributed by atoms with Gasteiger partial charge in [-0.2, -0.15) is 0 Å². The number of benzene rings is 2. The highest BCUT2D eigenvalue weighted by Crippen LogP contribution is 2.29. The van der Waals surface area contributed by atoms with Crippen molar-refractivity contribution in [2.45, 2.75) is 24.7 Å². The van der Waals surface area contributed by atoms with Crippen molar-refractivity contribution in [2.24, 2.45) is 0 Å². The molecule has 0 fully saturated rings. The molecule has 0 saturated carbocycles.